The van der Waals surface area contributed by atoms with Gasteiger partial charge in [0.05, 0.1) is 0 Å². The molecule has 0 radical (unpaired) electrons. The highest BCUT2D eigenvalue weighted by molar-refractivity contribution is 7.17. The van der Waals surface area contributed by atoms with Gasteiger partial charge in [0.1, 0.15) is 4.88 Å². The molecule has 0 amide bonds. The van der Waals surface area contributed by atoms with Crippen LogP contribution in [0.15, 0.2) is 36.4 Å². The monoisotopic (exact) mass is 244 g/mol. The second-order valence-electron chi connectivity index (χ2n) is 4.33. The summed E-state index contributed by atoms with van der Waals surface area (Å²) < 4.78 is 0. The summed E-state index contributed by atoms with van der Waals surface area (Å²) in [5.74, 6) is -0.160. The SMILES string of the molecule is O=C(O)c1ccc(-c2ccccc2C2CC2)s1. The molecule has 1 aromatic heterocycles. The van der Waals surface area contributed by atoms with Crippen LogP contribution >= 0.6 is 11.3 Å². The van der Waals surface area contributed by atoms with Crippen LogP contribution in [0.25, 0.3) is 10.4 Å². The number of carboxylic acid groups (broad SMARTS) is 1. The van der Waals surface area contributed by atoms with E-state index in [1.165, 1.54) is 35.3 Å². The van der Waals surface area contributed by atoms with Gasteiger partial charge in [-0.25, -0.2) is 4.79 Å². The van der Waals surface area contributed by atoms with Crippen LogP contribution in [-0.4, -0.2) is 11.1 Å². The molecule has 1 heterocycles. The largest absolute Gasteiger partial charge is 0.477 e. The highest BCUT2D eigenvalue weighted by Crippen LogP contribution is 2.45. The average molecular weight is 244 g/mol. The van der Waals surface area contributed by atoms with E-state index in [0.29, 0.717) is 10.8 Å². The molecule has 2 aromatic rings. The Morgan fingerprint density at radius 1 is 1.18 bits per heavy atom. The molecule has 1 aliphatic rings. The second-order valence-corrected chi connectivity index (χ2v) is 5.41. The second kappa shape index (κ2) is 4.00. The Hall–Kier alpha value is -1.61. The Bertz CT molecular complexity index is 567. The summed E-state index contributed by atoms with van der Waals surface area (Å²) in [4.78, 5) is 12.4. The molecule has 0 saturated heterocycles. The maximum absolute atomic E-state index is 10.9. The molecule has 0 bridgehead atoms. The highest BCUT2D eigenvalue weighted by Gasteiger charge is 2.26. The number of benzene rings is 1. The van der Waals surface area contributed by atoms with E-state index in [9.17, 15) is 4.79 Å². The number of hydrogen-bond donors (Lipinski definition) is 1. The Morgan fingerprint density at radius 2 is 1.94 bits per heavy atom. The zero-order valence-corrected chi connectivity index (χ0v) is 10.0. The number of aromatic carboxylic acids is 1. The maximum atomic E-state index is 10.9. The smallest absolute Gasteiger partial charge is 0.345 e. The molecule has 3 rings (SSSR count). The van der Waals surface area contributed by atoms with Gasteiger partial charge in [-0.3, -0.25) is 0 Å². The van der Waals surface area contributed by atoms with Crippen LogP contribution in [-0.2, 0) is 0 Å². The van der Waals surface area contributed by atoms with E-state index >= 15 is 0 Å². The molecule has 86 valence electrons. The van der Waals surface area contributed by atoms with E-state index in [1.54, 1.807) is 6.07 Å². The Kier molecular flexibility index (Phi) is 2.48. The lowest BCUT2D eigenvalue weighted by Gasteiger charge is -2.05. The van der Waals surface area contributed by atoms with E-state index in [1.807, 2.05) is 12.1 Å². The summed E-state index contributed by atoms with van der Waals surface area (Å²) in [7, 11) is 0. The molecular weight excluding hydrogens is 232 g/mol. The normalized spacial score (nSPS) is 14.8. The van der Waals surface area contributed by atoms with Gasteiger partial charge in [-0.15, -0.1) is 11.3 Å². The molecule has 1 aliphatic carbocycles. The number of hydrogen-bond acceptors (Lipinski definition) is 2. The van der Waals surface area contributed by atoms with Gasteiger partial charge in [-0.2, -0.15) is 0 Å². The van der Waals surface area contributed by atoms with Crippen molar-refractivity contribution in [2.24, 2.45) is 0 Å². The lowest BCUT2D eigenvalue weighted by Crippen LogP contribution is -1.89. The van der Waals surface area contributed by atoms with Crippen molar-refractivity contribution in [3.63, 3.8) is 0 Å². The van der Waals surface area contributed by atoms with Crippen molar-refractivity contribution < 1.29 is 9.90 Å². The van der Waals surface area contributed by atoms with Crippen molar-refractivity contribution in [3.05, 3.63) is 46.8 Å². The quantitative estimate of drug-likeness (QED) is 0.886. The lowest BCUT2D eigenvalue weighted by atomic mass is 10.0. The van der Waals surface area contributed by atoms with Crippen LogP contribution in [0.2, 0.25) is 0 Å². The standard InChI is InChI=1S/C14H12O2S/c15-14(16)13-8-7-12(17-13)11-4-2-1-3-10(11)9-5-6-9/h1-4,7-9H,5-6H2,(H,15,16). The first-order valence-electron chi connectivity index (χ1n) is 5.68. The van der Waals surface area contributed by atoms with Crippen molar-refractivity contribution in [1.82, 2.24) is 0 Å². The van der Waals surface area contributed by atoms with E-state index in [2.05, 4.69) is 18.2 Å². The Balaban J connectivity index is 2.05. The Morgan fingerprint density at radius 3 is 2.59 bits per heavy atom. The lowest BCUT2D eigenvalue weighted by molar-refractivity contribution is 0.0702. The summed E-state index contributed by atoms with van der Waals surface area (Å²) >= 11 is 1.35. The minimum atomic E-state index is -0.842. The predicted octanol–water partition coefficient (Wildman–Crippen LogP) is 3.99. The number of rotatable bonds is 3. The summed E-state index contributed by atoms with van der Waals surface area (Å²) in [6, 6.07) is 11.9. The van der Waals surface area contributed by atoms with E-state index < -0.39 is 5.97 Å². The molecule has 1 N–H and O–H groups in total. The van der Waals surface area contributed by atoms with Crippen LogP contribution in [0.4, 0.5) is 0 Å². The van der Waals surface area contributed by atoms with Crippen molar-refractivity contribution in [1.29, 1.82) is 0 Å². The minimum absolute atomic E-state index is 0.408. The molecule has 1 aromatic carbocycles. The zero-order chi connectivity index (χ0) is 11.8. The number of thiophene rings is 1. The fraction of sp³-hybridized carbons (Fsp3) is 0.214. The van der Waals surface area contributed by atoms with Gasteiger partial charge in [0, 0.05) is 4.88 Å². The third-order valence-corrected chi connectivity index (χ3v) is 4.17. The molecule has 2 nitrogen and oxygen atoms in total. The molecule has 0 aliphatic heterocycles. The first-order valence-corrected chi connectivity index (χ1v) is 6.50. The van der Waals surface area contributed by atoms with E-state index in [-0.39, 0.29) is 0 Å². The van der Waals surface area contributed by atoms with Crippen molar-refractivity contribution >= 4 is 17.3 Å². The van der Waals surface area contributed by atoms with Crippen LogP contribution in [0, 0.1) is 0 Å². The summed E-state index contributed by atoms with van der Waals surface area (Å²) in [6.07, 6.45) is 2.52. The summed E-state index contributed by atoms with van der Waals surface area (Å²) in [6.45, 7) is 0. The van der Waals surface area contributed by atoms with Crippen LogP contribution in [0.3, 0.4) is 0 Å². The van der Waals surface area contributed by atoms with Gasteiger partial charge < -0.3 is 5.11 Å². The zero-order valence-electron chi connectivity index (χ0n) is 9.22. The molecule has 0 atom stereocenters. The van der Waals surface area contributed by atoms with Crippen molar-refractivity contribution in [3.8, 4) is 10.4 Å². The molecular formula is C14H12O2S. The molecule has 17 heavy (non-hydrogen) atoms. The maximum Gasteiger partial charge on any atom is 0.345 e. The van der Waals surface area contributed by atoms with E-state index in [4.69, 9.17) is 5.11 Å². The highest BCUT2D eigenvalue weighted by atomic mass is 32.1. The fourth-order valence-corrected chi connectivity index (χ4v) is 2.96. The van der Waals surface area contributed by atoms with Gasteiger partial charge in [-0.1, -0.05) is 24.3 Å². The summed E-state index contributed by atoms with van der Waals surface area (Å²) in [5, 5.41) is 8.95. The average Bonchev–Trinajstić information content (AvgIpc) is 3.06. The summed E-state index contributed by atoms with van der Waals surface area (Å²) in [5.41, 5.74) is 2.57. The van der Waals surface area contributed by atoms with Gasteiger partial charge >= 0.3 is 5.97 Å². The number of carbonyl (C=O) groups is 1. The molecule has 3 heteroatoms. The minimum Gasteiger partial charge on any atom is -0.477 e. The predicted molar refractivity (Wildman–Crippen MR) is 68.7 cm³/mol. The van der Waals surface area contributed by atoms with Crippen LogP contribution in [0.1, 0.15) is 34.0 Å². The van der Waals surface area contributed by atoms with Gasteiger partial charge in [0.2, 0.25) is 0 Å². The van der Waals surface area contributed by atoms with Gasteiger partial charge in [-0.05, 0) is 42.0 Å². The topological polar surface area (TPSA) is 37.3 Å². The third-order valence-electron chi connectivity index (χ3n) is 3.06. The van der Waals surface area contributed by atoms with Crippen molar-refractivity contribution in [2.45, 2.75) is 18.8 Å². The van der Waals surface area contributed by atoms with E-state index in [0.717, 1.165) is 4.88 Å². The van der Waals surface area contributed by atoms with Crippen molar-refractivity contribution in [2.75, 3.05) is 0 Å². The first-order chi connectivity index (χ1) is 8.25. The van der Waals surface area contributed by atoms with Crippen LogP contribution in [0.5, 0.6) is 0 Å². The molecule has 1 fully saturated rings. The fourth-order valence-electron chi connectivity index (χ4n) is 2.07. The van der Waals surface area contributed by atoms with Gasteiger partial charge in [0.15, 0.2) is 0 Å². The Labute approximate surface area is 104 Å². The number of carboxylic acids is 1. The molecule has 0 spiro atoms. The molecule has 1 saturated carbocycles. The first kappa shape index (κ1) is 10.5. The van der Waals surface area contributed by atoms with Crippen LogP contribution < -0.4 is 0 Å². The molecule has 0 unspecified atom stereocenters. The van der Waals surface area contributed by atoms with Gasteiger partial charge in [0.25, 0.3) is 0 Å². The third kappa shape index (κ3) is 1.98.